The zero-order valence-corrected chi connectivity index (χ0v) is 23.6. The predicted molar refractivity (Wildman–Crippen MR) is 146 cm³/mol. The highest BCUT2D eigenvalue weighted by Crippen LogP contribution is 2.28. The molecule has 196 valence electrons. The van der Waals surface area contributed by atoms with Gasteiger partial charge in [-0.2, -0.15) is 0 Å². The van der Waals surface area contributed by atoms with E-state index >= 15 is 0 Å². The van der Waals surface area contributed by atoms with Crippen LogP contribution in [0.25, 0.3) is 0 Å². The molecular weight excluding hydrogens is 568 g/mol. The number of anilines is 1. The van der Waals surface area contributed by atoms with Gasteiger partial charge < -0.3 is 10.2 Å². The van der Waals surface area contributed by atoms with E-state index < -0.39 is 28.5 Å². The Bertz CT molecular complexity index is 1220. The Kier molecular flexibility index (Phi) is 9.80. The van der Waals surface area contributed by atoms with Gasteiger partial charge >= 0.3 is 0 Å². The highest BCUT2D eigenvalue weighted by molar-refractivity contribution is 7.92. The van der Waals surface area contributed by atoms with Crippen molar-refractivity contribution in [1.82, 2.24) is 10.2 Å². The van der Waals surface area contributed by atoms with Crippen molar-refractivity contribution < 1.29 is 18.0 Å². The Labute approximate surface area is 231 Å². The molecule has 0 aromatic heterocycles. The van der Waals surface area contributed by atoms with E-state index in [9.17, 15) is 18.0 Å². The van der Waals surface area contributed by atoms with Gasteiger partial charge in [-0.1, -0.05) is 65.3 Å². The van der Waals surface area contributed by atoms with Crippen molar-refractivity contribution in [2.75, 3.05) is 17.1 Å². The van der Waals surface area contributed by atoms with Gasteiger partial charge in [-0.3, -0.25) is 13.9 Å². The van der Waals surface area contributed by atoms with E-state index in [0.717, 1.165) is 36.2 Å². The number of carbonyl (C=O) groups is 2. The van der Waals surface area contributed by atoms with Crippen LogP contribution in [0.2, 0.25) is 20.1 Å². The average Bonchev–Trinajstić information content (AvgIpc) is 3.29. The molecule has 7 nitrogen and oxygen atoms in total. The summed E-state index contributed by atoms with van der Waals surface area (Å²) >= 11 is 24.3. The lowest BCUT2D eigenvalue weighted by atomic mass is 10.1. The minimum atomic E-state index is -3.90. The lowest BCUT2D eigenvalue weighted by Gasteiger charge is -2.32. The van der Waals surface area contributed by atoms with Crippen LogP contribution in [0.15, 0.2) is 36.4 Å². The number of carbonyl (C=O) groups excluding carboxylic acids is 2. The number of benzene rings is 2. The Hall–Kier alpha value is -1.71. The molecule has 1 saturated carbocycles. The summed E-state index contributed by atoms with van der Waals surface area (Å²) in [5.74, 6) is -0.899. The van der Waals surface area contributed by atoms with Gasteiger partial charge in [0.15, 0.2) is 0 Å². The molecule has 1 aliphatic rings. The summed E-state index contributed by atoms with van der Waals surface area (Å²) in [5.41, 5.74) is 0.774. The van der Waals surface area contributed by atoms with Gasteiger partial charge in [0.2, 0.25) is 21.8 Å². The van der Waals surface area contributed by atoms with Crippen LogP contribution in [0.5, 0.6) is 0 Å². The summed E-state index contributed by atoms with van der Waals surface area (Å²) < 4.78 is 26.2. The van der Waals surface area contributed by atoms with Gasteiger partial charge in [0.05, 0.1) is 22.0 Å². The molecule has 2 aromatic rings. The minimum Gasteiger partial charge on any atom is -0.352 e. The minimum absolute atomic E-state index is 0.0167. The first-order valence-electron chi connectivity index (χ1n) is 11.3. The standard InChI is InChI=1S/C24H27Cl4N3O4S/c1-15(24(33)29-19-5-3-4-6-19)30(13-16-7-8-21(27)22(28)9-16)23(32)14-31(36(2,34)35)20-11-17(25)10-18(26)12-20/h7-12,15,19H,3-6,13-14H2,1-2H3,(H,29,33)/t15-/m1/s1. The topological polar surface area (TPSA) is 86.8 Å². The third-order valence-electron chi connectivity index (χ3n) is 6.02. The van der Waals surface area contributed by atoms with Gasteiger partial charge in [-0.05, 0) is 55.7 Å². The normalized spacial score (nSPS) is 14.9. The van der Waals surface area contributed by atoms with Gasteiger partial charge in [0.25, 0.3) is 0 Å². The van der Waals surface area contributed by atoms with Crippen molar-refractivity contribution in [3.8, 4) is 0 Å². The lowest BCUT2D eigenvalue weighted by molar-refractivity contribution is -0.139. The first-order valence-corrected chi connectivity index (χ1v) is 14.7. The quantitative estimate of drug-likeness (QED) is 0.413. The molecule has 0 saturated heterocycles. The van der Waals surface area contributed by atoms with E-state index in [1.807, 2.05) is 0 Å². The Balaban J connectivity index is 1.92. The summed E-state index contributed by atoms with van der Waals surface area (Å²) in [6.07, 6.45) is 4.83. The molecule has 2 aromatic carbocycles. The molecule has 0 bridgehead atoms. The molecule has 3 rings (SSSR count). The Morgan fingerprint density at radius 3 is 2.17 bits per heavy atom. The first-order chi connectivity index (χ1) is 16.8. The van der Waals surface area contributed by atoms with E-state index in [4.69, 9.17) is 46.4 Å². The van der Waals surface area contributed by atoms with Crippen molar-refractivity contribution in [3.63, 3.8) is 0 Å². The van der Waals surface area contributed by atoms with Gasteiger partial charge in [-0.25, -0.2) is 8.42 Å². The van der Waals surface area contributed by atoms with Crippen LogP contribution in [0.4, 0.5) is 5.69 Å². The number of nitrogens with one attached hydrogen (secondary N) is 1. The van der Waals surface area contributed by atoms with Gasteiger partial charge in [0.1, 0.15) is 12.6 Å². The molecule has 1 atom stereocenters. The van der Waals surface area contributed by atoms with Crippen LogP contribution in [0, 0.1) is 0 Å². The van der Waals surface area contributed by atoms with E-state index in [2.05, 4.69) is 5.32 Å². The van der Waals surface area contributed by atoms with Crippen molar-refractivity contribution in [3.05, 3.63) is 62.1 Å². The summed E-state index contributed by atoms with van der Waals surface area (Å²) in [5, 5.41) is 4.09. The molecule has 0 radical (unpaired) electrons. The van der Waals surface area contributed by atoms with Crippen LogP contribution in [0.1, 0.15) is 38.2 Å². The number of rotatable bonds is 9. The van der Waals surface area contributed by atoms with E-state index in [-0.39, 0.29) is 34.2 Å². The van der Waals surface area contributed by atoms with Gasteiger partial charge in [0, 0.05) is 22.6 Å². The van der Waals surface area contributed by atoms with Crippen molar-refractivity contribution in [2.45, 2.75) is 51.2 Å². The fourth-order valence-corrected chi connectivity index (χ4v) is 5.77. The zero-order chi connectivity index (χ0) is 26.6. The van der Waals surface area contributed by atoms with Crippen LogP contribution >= 0.6 is 46.4 Å². The molecule has 1 fully saturated rings. The predicted octanol–water partition coefficient (Wildman–Crippen LogP) is 5.54. The largest absolute Gasteiger partial charge is 0.352 e. The maximum absolute atomic E-state index is 13.6. The van der Waals surface area contributed by atoms with E-state index in [1.54, 1.807) is 25.1 Å². The number of sulfonamides is 1. The van der Waals surface area contributed by atoms with Crippen molar-refractivity contribution in [1.29, 1.82) is 0 Å². The zero-order valence-electron chi connectivity index (χ0n) is 19.8. The van der Waals surface area contributed by atoms with Gasteiger partial charge in [-0.15, -0.1) is 0 Å². The number of hydrogen-bond acceptors (Lipinski definition) is 4. The molecule has 36 heavy (non-hydrogen) atoms. The van der Waals surface area contributed by atoms with Crippen molar-refractivity contribution >= 4 is 73.9 Å². The molecule has 1 aliphatic carbocycles. The molecular formula is C24H27Cl4N3O4S. The molecule has 12 heteroatoms. The molecule has 0 unspecified atom stereocenters. The maximum atomic E-state index is 13.6. The molecule has 1 N–H and O–H groups in total. The lowest BCUT2D eigenvalue weighted by Crippen LogP contribution is -2.52. The highest BCUT2D eigenvalue weighted by atomic mass is 35.5. The fraction of sp³-hybridized carbons (Fsp3) is 0.417. The second kappa shape index (κ2) is 12.2. The number of hydrogen-bond donors (Lipinski definition) is 1. The third kappa shape index (κ3) is 7.65. The molecule has 0 spiro atoms. The number of amides is 2. The second-order valence-electron chi connectivity index (χ2n) is 8.83. The molecule has 0 aliphatic heterocycles. The van der Waals surface area contributed by atoms with Crippen LogP contribution in [-0.2, 0) is 26.2 Å². The number of nitrogens with zero attached hydrogens (tertiary/aromatic N) is 2. The summed E-state index contributed by atoms with van der Waals surface area (Å²) in [7, 11) is -3.90. The second-order valence-corrected chi connectivity index (χ2v) is 12.4. The van der Waals surface area contributed by atoms with Crippen LogP contribution in [-0.4, -0.2) is 50.0 Å². The molecule has 0 heterocycles. The Morgan fingerprint density at radius 2 is 1.61 bits per heavy atom. The van der Waals surface area contributed by atoms with Crippen LogP contribution in [0.3, 0.4) is 0 Å². The Morgan fingerprint density at radius 1 is 1.00 bits per heavy atom. The van der Waals surface area contributed by atoms with Crippen molar-refractivity contribution in [2.24, 2.45) is 0 Å². The fourth-order valence-electron chi connectivity index (χ4n) is 4.11. The number of halogens is 4. The summed E-state index contributed by atoms with van der Waals surface area (Å²) in [6.45, 7) is 1.07. The maximum Gasteiger partial charge on any atom is 0.244 e. The first kappa shape index (κ1) is 28.9. The monoisotopic (exact) mass is 593 g/mol. The van der Waals surface area contributed by atoms with Crippen LogP contribution < -0.4 is 9.62 Å². The SMILES string of the molecule is C[C@H](C(=O)NC1CCCC1)N(Cc1ccc(Cl)c(Cl)c1)C(=O)CN(c1cc(Cl)cc(Cl)c1)S(C)(=O)=O. The van der Waals surface area contributed by atoms with E-state index in [1.165, 1.54) is 23.1 Å². The van der Waals surface area contributed by atoms with E-state index in [0.29, 0.717) is 15.6 Å². The highest BCUT2D eigenvalue weighted by Gasteiger charge is 2.31. The summed E-state index contributed by atoms with van der Waals surface area (Å²) in [6, 6.07) is 8.35. The third-order valence-corrected chi connectivity index (χ3v) is 8.34. The average molecular weight is 595 g/mol. The smallest absolute Gasteiger partial charge is 0.244 e. The summed E-state index contributed by atoms with van der Waals surface area (Å²) in [4.78, 5) is 28.0. The molecule has 2 amide bonds.